The fourth-order valence-corrected chi connectivity index (χ4v) is 3.89. The van der Waals surface area contributed by atoms with E-state index in [4.69, 9.17) is 4.74 Å². The molecule has 0 atom stereocenters. The number of hydrogen-bond donors (Lipinski definition) is 1. The standard InChI is InChI=1S/C17H18N2O4S2/c1-10-13(17(22)23-4)15(25-14(10)16(21)19(2)3)18-12(20)8-7-11-6-5-9-24-11/h5-9H,1-4H3,(H,18,20). The first-order chi connectivity index (χ1) is 11.8. The molecule has 0 unspecified atom stereocenters. The number of carbonyl (C=O) groups is 3. The third-order valence-corrected chi connectivity index (χ3v) is 5.35. The van der Waals surface area contributed by atoms with Crippen molar-refractivity contribution in [3.63, 3.8) is 0 Å². The van der Waals surface area contributed by atoms with Gasteiger partial charge in [-0.25, -0.2) is 4.79 Å². The maximum atomic E-state index is 12.3. The summed E-state index contributed by atoms with van der Waals surface area (Å²) in [5.41, 5.74) is 0.698. The number of amides is 2. The van der Waals surface area contributed by atoms with Gasteiger partial charge in [0.25, 0.3) is 5.91 Å². The number of nitrogens with one attached hydrogen (secondary N) is 1. The molecule has 0 spiro atoms. The molecule has 2 rings (SSSR count). The molecule has 25 heavy (non-hydrogen) atoms. The number of rotatable bonds is 5. The zero-order valence-electron chi connectivity index (χ0n) is 14.3. The summed E-state index contributed by atoms with van der Waals surface area (Å²) < 4.78 is 4.79. The monoisotopic (exact) mass is 378 g/mol. The molecule has 0 aliphatic heterocycles. The Morgan fingerprint density at radius 3 is 2.56 bits per heavy atom. The number of methoxy groups -OCH3 is 1. The molecule has 8 heteroatoms. The van der Waals surface area contributed by atoms with E-state index in [2.05, 4.69) is 5.32 Å². The third-order valence-electron chi connectivity index (χ3n) is 3.32. The van der Waals surface area contributed by atoms with Crippen molar-refractivity contribution in [3.05, 3.63) is 44.5 Å². The highest BCUT2D eigenvalue weighted by Crippen LogP contribution is 2.34. The molecule has 0 fully saturated rings. The second kappa shape index (κ2) is 8.09. The van der Waals surface area contributed by atoms with Gasteiger partial charge in [-0.05, 0) is 30.0 Å². The fraction of sp³-hybridized carbons (Fsp3) is 0.235. The minimum absolute atomic E-state index is 0.204. The highest BCUT2D eigenvalue weighted by molar-refractivity contribution is 7.18. The Balaban J connectivity index is 2.32. The van der Waals surface area contributed by atoms with Crippen LogP contribution in [0.4, 0.5) is 5.00 Å². The van der Waals surface area contributed by atoms with Gasteiger partial charge in [0, 0.05) is 25.0 Å². The van der Waals surface area contributed by atoms with Gasteiger partial charge in [0.15, 0.2) is 0 Å². The van der Waals surface area contributed by atoms with E-state index in [0.717, 1.165) is 16.2 Å². The van der Waals surface area contributed by atoms with E-state index in [1.165, 1.54) is 29.4 Å². The van der Waals surface area contributed by atoms with Gasteiger partial charge in [-0.2, -0.15) is 0 Å². The highest BCUT2D eigenvalue weighted by Gasteiger charge is 2.26. The van der Waals surface area contributed by atoms with Crippen molar-refractivity contribution < 1.29 is 19.1 Å². The summed E-state index contributed by atoms with van der Waals surface area (Å²) in [5, 5.41) is 4.88. The molecule has 2 amide bonds. The zero-order chi connectivity index (χ0) is 18.6. The summed E-state index contributed by atoms with van der Waals surface area (Å²) in [5.74, 6) is -1.21. The quantitative estimate of drug-likeness (QED) is 0.640. The van der Waals surface area contributed by atoms with Gasteiger partial charge >= 0.3 is 5.97 Å². The van der Waals surface area contributed by atoms with Gasteiger partial charge < -0.3 is 15.0 Å². The second-order valence-electron chi connectivity index (χ2n) is 5.29. The Labute approximate surface area is 153 Å². The summed E-state index contributed by atoms with van der Waals surface area (Å²) in [6.45, 7) is 1.66. The van der Waals surface area contributed by atoms with Crippen molar-refractivity contribution in [2.24, 2.45) is 0 Å². The number of carbonyl (C=O) groups excluding carboxylic acids is 3. The minimum Gasteiger partial charge on any atom is -0.465 e. The molecule has 132 valence electrons. The largest absolute Gasteiger partial charge is 0.465 e. The smallest absolute Gasteiger partial charge is 0.341 e. The van der Waals surface area contributed by atoms with Crippen LogP contribution in [0.2, 0.25) is 0 Å². The van der Waals surface area contributed by atoms with Crippen molar-refractivity contribution in [1.29, 1.82) is 0 Å². The molecule has 2 aromatic rings. The van der Waals surface area contributed by atoms with Crippen LogP contribution < -0.4 is 5.32 Å². The van der Waals surface area contributed by atoms with Gasteiger partial charge in [-0.3, -0.25) is 9.59 Å². The predicted molar refractivity (Wildman–Crippen MR) is 100 cm³/mol. The van der Waals surface area contributed by atoms with Crippen LogP contribution in [0.15, 0.2) is 23.6 Å². The third kappa shape index (κ3) is 4.34. The van der Waals surface area contributed by atoms with E-state index in [1.54, 1.807) is 27.1 Å². The van der Waals surface area contributed by atoms with Crippen LogP contribution in [0.5, 0.6) is 0 Å². The Morgan fingerprint density at radius 1 is 1.28 bits per heavy atom. The average molecular weight is 378 g/mol. The first kappa shape index (κ1) is 18.9. The van der Waals surface area contributed by atoms with Crippen molar-refractivity contribution in [2.45, 2.75) is 6.92 Å². The minimum atomic E-state index is -0.593. The maximum absolute atomic E-state index is 12.3. The molecular formula is C17H18N2O4S2. The summed E-state index contributed by atoms with van der Waals surface area (Å²) in [6, 6.07) is 3.77. The molecule has 0 aromatic carbocycles. The van der Waals surface area contributed by atoms with Crippen molar-refractivity contribution in [1.82, 2.24) is 4.90 Å². The van der Waals surface area contributed by atoms with E-state index in [1.807, 2.05) is 17.5 Å². The van der Waals surface area contributed by atoms with Gasteiger partial charge in [0.05, 0.1) is 17.6 Å². The first-order valence-corrected chi connectivity index (χ1v) is 9.00. The van der Waals surface area contributed by atoms with E-state index in [0.29, 0.717) is 15.4 Å². The lowest BCUT2D eigenvalue weighted by molar-refractivity contribution is -0.111. The van der Waals surface area contributed by atoms with Crippen molar-refractivity contribution >= 4 is 51.5 Å². The Bertz CT molecular complexity index is 820. The van der Waals surface area contributed by atoms with Gasteiger partial charge in [0.2, 0.25) is 5.91 Å². The van der Waals surface area contributed by atoms with Crippen LogP contribution in [0.3, 0.4) is 0 Å². The van der Waals surface area contributed by atoms with Crippen LogP contribution in [-0.2, 0) is 9.53 Å². The van der Waals surface area contributed by atoms with Crippen LogP contribution >= 0.6 is 22.7 Å². The van der Waals surface area contributed by atoms with E-state index in [-0.39, 0.29) is 17.4 Å². The summed E-state index contributed by atoms with van der Waals surface area (Å²) >= 11 is 2.57. The predicted octanol–water partition coefficient (Wildman–Crippen LogP) is 3.26. The molecule has 2 aromatic heterocycles. The Kier molecular flexibility index (Phi) is 6.11. The van der Waals surface area contributed by atoms with Gasteiger partial charge in [-0.15, -0.1) is 22.7 Å². The Hall–Kier alpha value is -2.45. The normalized spacial score (nSPS) is 10.7. The SMILES string of the molecule is COC(=O)c1c(NC(=O)C=Cc2cccs2)sc(C(=O)N(C)C)c1C. The highest BCUT2D eigenvalue weighted by atomic mass is 32.1. The molecular weight excluding hydrogens is 360 g/mol. The lowest BCUT2D eigenvalue weighted by Crippen LogP contribution is -2.21. The van der Waals surface area contributed by atoms with Gasteiger partial charge in [0.1, 0.15) is 5.00 Å². The molecule has 1 N–H and O–H groups in total. The van der Waals surface area contributed by atoms with Crippen LogP contribution in [0, 0.1) is 6.92 Å². The molecule has 0 aliphatic carbocycles. The number of anilines is 1. The number of thiophene rings is 2. The summed E-state index contributed by atoms with van der Waals surface area (Å²) in [6.07, 6.45) is 3.07. The van der Waals surface area contributed by atoms with Crippen molar-refractivity contribution in [2.75, 3.05) is 26.5 Å². The topological polar surface area (TPSA) is 75.7 Å². The van der Waals surface area contributed by atoms with E-state index in [9.17, 15) is 14.4 Å². The first-order valence-electron chi connectivity index (χ1n) is 7.31. The Morgan fingerprint density at radius 2 is 2.00 bits per heavy atom. The van der Waals surface area contributed by atoms with E-state index < -0.39 is 5.97 Å². The molecule has 0 saturated carbocycles. The molecule has 0 aliphatic rings. The molecule has 0 bridgehead atoms. The summed E-state index contributed by atoms with van der Waals surface area (Å²) in [4.78, 5) is 39.3. The number of nitrogens with zero attached hydrogens (tertiary/aromatic N) is 1. The lowest BCUT2D eigenvalue weighted by atomic mass is 10.1. The molecule has 0 radical (unpaired) electrons. The van der Waals surface area contributed by atoms with Crippen LogP contribution in [-0.4, -0.2) is 43.9 Å². The molecule has 2 heterocycles. The summed E-state index contributed by atoms with van der Waals surface area (Å²) in [7, 11) is 4.51. The van der Waals surface area contributed by atoms with E-state index >= 15 is 0 Å². The van der Waals surface area contributed by atoms with Crippen LogP contribution in [0.25, 0.3) is 6.08 Å². The number of hydrogen-bond acceptors (Lipinski definition) is 6. The van der Waals surface area contributed by atoms with Crippen molar-refractivity contribution in [3.8, 4) is 0 Å². The molecule has 0 saturated heterocycles. The zero-order valence-corrected chi connectivity index (χ0v) is 15.9. The average Bonchev–Trinajstić information content (AvgIpc) is 3.19. The molecule has 6 nitrogen and oxygen atoms in total. The van der Waals surface area contributed by atoms with Crippen LogP contribution in [0.1, 0.15) is 30.5 Å². The van der Waals surface area contributed by atoms with Gasteiger partial charge in [-0.1, -0.05) is 6.07 Å². The fourth-order valence-electron chi connectivity index (χ4n) is 2.05. The second-order valence-corrected chi connectivity index (χ2v) is 7.29. The lowest BCUT2D eigenvalue weighted by Gasteiger charge is -2.08. The number of esters is 1. The number of ether oxygens (including phenoxy) is 1. The maximum Gasteiger partial charge on any atom is 0.341 e.